The van der Waals surface area contributed by atoms with Crippen molar-refractivity contribution in [2.75, 3.05) is 11.9 Å². The monoisotopic (exact) mass is 413 g/mol. The van der Waals surface area contributed by atoms with Crippen molar-refractivity contribution in [1.29, 1.82) is 0 Å². The number of aromatic nitrogens is 1. The molecule has 2 amide bonds. The molecule has 1 unspecified atom stereocenters. The summed E-state index contributed by atoms with van der Waals surface area (Å²) in [5, 5.41) is 5.07. The van der Waals surface area contributed by atoms with Crippen molar-refractivity contribution in [3.8, 4) is 5.75 Å². The summed E-state index contributed by atoms with van der Waals surface area (Å²) >= 11 is 0. The van der Waals surface area contributed by atoms with E-state index in [4.69, 9.17) is 0 Å². The molecule has 0 spiro atoms. The number of amides is 2. The first kappa shape index (κ1) is 22.1. The molecule has 0 radical (unpaired) electrons. The van der Waals surface area contributed by atoms with Crippen LogP contribution in [0.4, 0.5) is 23.4 Å². The Bertz CT molecular complexity index is 870. The summed E-state index contributed by atoms with van der Waals surface area (Å²) in [7, 11) is 0. The Balaban J connectivity index is 2.11. The van der Waals surface area contributed by atoms with Crippen molar-refractivity contribution in [2.45, 2.75) is 32.7 Å². The highest BCUT2D eigenvalue weighted by molar-refractivity contribution is 5.96. The molecule has 0 fully saturated rings. The van der Waals surface area contributed by atoms with Crippen LogP contribution in [0.15, 0.2) is 30.5 Å². The van der Waals surface area contributed by atoms with Gasteiger partial charge < -0.3 is 15.4 Å². The summed E-state index contributed by atoms with van der Waals surface area (Å²) in [4.78, 5) is 27.8. The van der Waals surface area contributed by atoms with E-state index in [0.717, 1.165) is 12.1 Å². The van der Waals surface area contributed by atoms with E-state index >= 15 is 0 Å². The van der Waals surface area contributed by atoms with Gasteiger partial charge in [0.2, 0.25) is 5.91 Å². The van der Waals surface area contributed by atoms with Crippen molar-refractivity contribution in [3.05, 3.63) is 53.2 Å². The van der Waals surface area contributed by atoms with E-state index in [2.05, 4.69) is 20.4 Å². The maximum Gasteiger partial charge on any atom is 0.272 e. The molecule has 0 aliphatic rings. The molecule has 0 bridgehead atoms. The van der Waals surface area contributed by atoms with E-state index in [1.54, 1.807) is 6.92 Å². The van der Waals surface area contributed by atoms with Gasteiger partial charge in [-0.15, -0.1) is 0 Å². The molecule has 0 saturated heterocycles. The summed E-state index contributed by atoms with van der Waals surface area (Å²) < 4.78 is 56.8. The van der Waals surface area contributed by atoms with Crippen LogP contribution < -0.4 is 15.4 Å². The standard InChI is InChI=1S/C19H19F4N3O3/c1-3-17(27)26-16-8-11(4-5-24-16)19(28)25-10(2)12-6-13(20)18(14(21)7-12)29-9-15(22)23/h4-8,10,15H,3,9H2,1-2H3,(H,25,28)(H,24,26,27). The predicted octanol–water partition coefficient (Wildman–Crippen LogP) is 3.84. The Labute approximate surface area is 164 Å². The first-order valence-corrected chi connectivity index (χ1v) is 8.67. The largest absolute Gasteiger partial charge is 0.482 e. The third-order valence-corrected chi connectivity index (χ3v) is 3.83. The number of hydrogen-bond acceptors (Lipinski definition) is 4. The van der Waals surface area contributed by atoms with E-state index in [1.807, 2.05) is 0 Å². The lowest BCUT2D eigenvalue weighted by molar-refractivity contribution is -0.115. The van der Waals surface area contributed by atoms with Crippen LogP contribution in [-0.2, 0) is 4.79 Å². The first-order chi connectivity index (χ1) is 13.7. The fourth-order valence-corrected chi connectivity index (χ4v) is 2.35. The molecule has 1 aromatic heterocycles. The lowest BCUT2D eigenvalue weighted by Gasteiger charge is -2.16. The van der Waals surface area contributed by atoms with Crippen LogP contribution in [0.5, 0.6) is 5.75 Å². The summed E-state index contributed by atoms with van der Waals surface area (Å²) in [5.41, 5.74) is 0.252. The normalized spacial score (nSPS) is 11.8. The van der Waals surface area contributed by atoms with Crippen LogP contribution in [0.1, 0.15) is 42.2 Å². The molecule has 2 N–H and O–H groups in total. The quantitative estimate of drug-likeness (QED) is 0.645. The zero-order valence-electron chi connectivity index (χ0n) is 15.6. The van der Waals surface area contributed by atoms with Crippen molar-refractivity contribution >= 4 is 17.6 Å². The number of carbonyl (C=O) groups is 2. The van der Waals surface area contributed by atoms with Gasteiger partial charge in [0.15, 0.2) is 17.4 Å². The molecule has 29 heavy (non-hydrogen) atoms. The Morgan fingerprint density at radius 3 is 2.41 bits per heavy atom. The van der Waals surface area contributed by atoms with E-state index in [-0.39, 0.29) is 29.3 Å². The van der Waals surface area contributed by atoms with Crippen LogP contribution >= 0.6 is 0 Å². The molecule has 10 heteroatoms. The van der Waals surface area contributed by atoms with Gasteiger partial charge in [-0.1, -0.05) is 6.92 Å². The zero-order valence-corrected chi connectivity index (χ0v) is 15.6. The fraction of sp³-hybridized carbons (Fsp3) is 0.316. The highest BCUT2D eigenvalue weighted by atomic mass is 19.3. The molecular weight excluding hydrogens is 394 g/mol. The van der Waals surface area contributed by atoms with E-state index in [0.29, 0.717) is 0 Å². The average Bonchev–Trinajstić information content (AvgIpc) is 2.66. The number of ether oxygens (including phenoxy) is 1. The second kappa shape index (κ2) is 9.85. The van der Waals surface area contributed by atoms with Gasteiger partial charge in [0, 0.05) is 18.2 Å². The maximum atomic E-state index is 14.0. The van der Waals surface area contributed by atoms with Gasteiger partial charge in [0.1, 0.15) is 12.4 Å². The van der Waals surface area contributed by atoms with Crippen LogP contribution in [0.2, 0.25) is 0 Å². The number of hydrogen-bond donors (Lipinski definition) is 2. The molecule has 1 aromatic carbocycles. The van der Waals surface area contributed by atoms with Crippen molar-refractivity contribution in [3.63, 3.8) is 0 Å². The topological polar surface area (TPSA) is 80.3 Å². The molecule has 0 aliphatic carbocycles. The minimum Gasteiger partial charge on any atom is -0.482 e. The van der Waals surface area contributed by atoms with Gasteiger partial charge in [-0.25, -0.2) is 22.5 Å². The molecule has 1 atom stereocenters. The molecule has 0 saturated carbocycles. The summed E-state index contributed by atoms with van der Waals surface area (Å²) in [6, 6.07) is 3.75. The maximum absolute atomic E-state index is 14.0. The molecule has 6 nitrogen and oxygen atoms in total. The van der Waals surface area contributed by atoms with Crippen molar-refractivity contribution < 1.29 is 31.9 Å². The highest BCUT2D eigenvalue weighted by Crippen LogP contribution is 2.27. The number of nitrogens with one attached hydrogen (secondary N) is 2. The Kier molecular flexibility index (Phi) is 7.52. The summed E-state index contributed by atoms with van der Waals surface area (Å²) in [6.45, 7) is 2.01. The predicted molar refractivity (Wildman–Crippen MR) is 96.9 cm³/mol. The third-order valence-electron chi connectivity index (χ3n) is 3.83. The molecular formula is C19H19F4N3O3. The minimum absolute atomic E-state index is 0.0753. The van der Waals surface area contributed by atoms with Crippen LogP contribution in [0.3, 0.4) is 0 Å². The number of carbonyl (C=O) groups excluding carboxylic acids is 2. The number of rotatable bonds is 8. The highest BCUT2D eigenvalue weighted by Gasteiger charge is 2.19. The van der Waals surface area contributed by atoms with Gasteiger partial charge in [-0.05, 0) is 36.8 Å². The van der Waals surface area contributed by atoms with Crippen LogP contribution in [0.25, 0.3) is 0 Å². The number of benzene rings is 1. The van der Waals surface area contributed by atoms with Crippen molar-refractivity contribution in [1.82, 2.24) is 10.3 Å². The Hall–Kier alpha value is -3.17. The van der Waals surface area contributed by atoms with E-state index < -0.39 is 42.4 Å². The number of alkyl halides is 2. The lowest BCUT2D eigenvalue weighted by atomic mass is 10.1. The van der Waals surface area contributed by atoms with Gasteiger partial charge >= 0.3 is 0 Å². The van der Waals surface area contributed by atoms with Gasteiger partial charge in [-0.2, -0.15) is 0 Å². The first-order valence-electron chi connectivity index (χ1n) is 8.67. The fourth-order valence-electron chi connectivity index (χ4n) is 2.35. The molecule has 1 heterocycles. The third kappa shape index (κ3) is 6.16. The molecule has 2 rings (SSSR count). The van der Waals surface area contributed by atoms with Gasteiger partial charge in [-0.3, -0.25) is 9.59 Å². The number of nitrogens with zero attached hydrogens (tertiary/aromatic N) is 1. The van der Waals surface area contributed by atoms with E-state index in [1.165, 1.54) is 25.3 Å². The molecule has 156 valence electrons. The second-order valence-corrected chi connectivity index (χ2v) is 6.04. The SMILES string of the molecule is CCC(=O)Nc1cc(C(=O)NC(C)c2cc(F)c(OCC(F)F)c(F)c2)ccn1. The Morgan fingerprint density at radius 2 is 1.83 bits per heavy atom. The number of halogens is 4. The van der Waals surface area contributed by atoms with Crippen LogP contribution in [-0.4, -0.2) is 29.8 Å². The smallest absolute Gasteiger partial charge is 0.272 e. The summed E-state index contributed by atoms with van der Waals surface area (Å²) in [5.74, 6) is -3.87. The van der Waals surface area contributed by atoms with Gasteiger partial charge in [0.05, 0.1) is 6.04 Å². The van der Waals surface area contributed by atoms with Crippen LogP contribution in [0, 0.1) is 11.6 Å². The minimum atomic E-state index is -2.88. The molecule has 0 aliphatic heterocycles. The van der Waals surface area contributed by atoms with Crippen molar-refractivity contribution in [2.24, 2.45) is 0 Å². The summed E-state index contributed by atoms with van der Waals surface area (Å²) in [6.07, 6.45) is -1.30. The zero-order chi connectivity index (χ0) is 21.6. The Morgan fingerprint density at radius 1 is 1.17 bits per heavy atom. The van der Waals surface area contributed by atoms with E-state index in [9.17, 15) is 27.2 Å². The second-order valence-electron chi connectivity index (χ2n) is 6.04. The average molecular weight is 413 g/mol. The molecule has 2 aromatic rings. The van der Waals surface area contributed by atoms with Gasteiger partial charge in [0.25, 0.3) is 12.3 Å². The lowest BCUT2D eigenvalue weighted by Crippen LogP contribution is -2.27. The number of pyridine rings is 1. The number of anilines is 1.